The molecule has 4 heteroatoms. The second kappa shape index (κ2) is 6.17. The molecule has 3 nitrogen and oxygen atoms in total. The predicted octanol–water partition coefficient (Wildman–Crippen LogP) is 3.87. The number of carbonyl (C=O) groups excluding carboxylic acids is 1. The van der Waals surface area contributed by atoms with Gasteiger partial charge in [-0.1, -0.05) is 46.3 Å². The van der Waals surface area contributed by atoms with Crippen molar-refractivity contribution in [1.29, 1.82) is 5.26 Å². The summed E-state index contributed by atoms with van der Waals surface area (Å²) in [5.74, 6) is -0.505. The number of ether oxygens (including phenoxy) is 1. The molecule has 0 aliphatic heterocycles. The van der Waals surface area contributed by atoms with Gasteiger partial charge in [-0.05, 0) is 24.3 Å². The topological polar surface area (TPSA) is 50.1 Å². The van der Waals surface area contributed by atoms with Crippen LogP contribution < -0.4 is 0 Å². The summed E-state index contributed by atoms with van der Waals surface area (Å²) in [5, 5.41) is 9.11. The summed E-state index contributed by atoms with van der Waals surface area (Å²) in [6.45, 7) is 0. The van der Waals surface area contributed by atoms with E-state index in [-0.39, 0.29) is 0 Å². The second-order valence-corrected chi connectivity index (χ2v) is 4.75. The Bertz CT molecular complexity index is 602. The Morgan fingerprint density at radius 1 is 1.11 bits per heavy atom. The van der Waals surface area contributed by atoms with Gasteiger partial charge in [0.15, 0.2) is 0 Å². The van der Waals surface area contributed by atoms with Gasteiger partial charge in [0.1, 0.15) is 6.07 Å². The average Bonchev–Trinajstić information content (AvgIpc) is 2.46. The molecular weight excluding hydrogens is 306 g/mol. The van der Waals surface area contributed by atoms with Gasteiger partial charge in [0.05, 0.1) is 5.56 Å². The molecule has 0 amide bonds. The Hall–Kier alpha value is -2.12. The van der Waals surface area contributed by atoms with E-state index < -0.39 is 12.1 Å². The molecule has 0 aromatic heterocycles. The van der Waals surface area contributed by atoms with Crippen LogP contribution in [0.4, 0.5) is 0 Å². The fraction of sp³-hybridized carbons (Fsp3) is 0.0667. The third-order valence-corrected chi connectivity index (χ3v) is 3.05. The van der Waals surface area contributed by atoms with Crippen LogP contribution in [0.2, 0.25) is 0 Å². The predicted molar refractivity (Wildman–Crippen MR) is 74.4 cm³/mol. The number of benzene rings is 2. The van der Waals surface area contributed by atoms with E-state index in [0.29, 0.717) is 11.1 Å². The van der Waals surface area contributed by atoms with Crippen LogP contribution in [0, 0.1) is 11.3 Å². The van der Waals surface area contributed by atoms with Crippen LogP contribution in [0.25, 0.3) is 0 Å². The molecule has 2 rings (SSSR count). The van der Waals surface area contributed by atoms with Gasteiger partial charge in [0.2, 0.25) is 6.10 Å². The molecule has 19 heavy (non-hydrogen) atoms. The van der Waals surface area contributed by atoms with E-state index >= 15 is 0 Å². The van der Waals surface area contributed by atoms with E-state index in [4.69, 9.17) is 10.00 Å². The molecule has 0 N–H and O–H groups in total. The molecule has 2 aromatic rings. The van der Waals surface area contributed by atoms with Crippen molar-refractivity contribution in [2.75, 3.05) is 0 Å². The average molecular weight is 316 g/mol. The third-order valence-electron chi connectivity index (χ3n) is 2.52. The van der Waals surface area contributed by atoms with Gasteiger partial charge in [0.25, 0.3) is 0 Å². The molecule has 0 fully saturated rings. The molecule has 0 saturated heterocycles. The van der Waals surface area contributed by atoms with Gasteiger partial charge in [-0.2, -0.15) is 5.26 Å². The Morgan fingerprint density at radius 2 is 1.74 bits per heavy atom. The van der Waals surface area contributed by atoms with Gasteiger partial charge in [-0.15, -0.1) is 0 Å². The van der Waals surface area contributed by atoms with Crippen LogP contribution in [0.3, 0.4) is 0 Å². The molecular formula is C15H10BrNO2. The summed E-state index contributed by atoms with van der Waals surface area (Å²) in [4.78, 5) is 11.9. The molecule has 0 aliphatic rings. The largest absolute Gasteiger partial charge is 0.438 e. The van der Waals surface area contributed by atoms with Gasteiger partial charge < -0.3 is 4.74 Å². The molecule has 0 aliphatic carbocycles. The Labute approximate surface area is 119 Å². The van der Waals surface area contributed by atoms with E-state index in [1.165, 1.54) is 0 Å². The number of carbonyl (C=O) groups is 1. The quantitative estimate of drug-likeness (QED) is 0.808. The summed E-state index contributed by atoms with van der Waals surface area (Å²) in [5.41, 5.74) is 1.08. The van der Waals surface area contributed by atoms with E-state index in [2.05, 4.69) is 15.9 Å². The minimum Gasteiger partial charge on any atom is -0.438 e. The van der Waals surface area contributed by atoms with Crippen molar-refractivity contribution in [3.63, 3.8) is 0 Å². The lowest BCUT2D eigenvalue weighted by atomic mass is 10.1. The SMILES string of the molecule is N#CC(OC(=O)c1ccccc1)c1ccc(Br)cc1. The summed E-state index contributed by atoms with van der Waals surface area (Å²) >= 11 is 3.31. The van der Waals surface area contributed by atoms with Gasteiger partial charge in [-0.3, -0.25) is 0 Å². The highest BCUT2D eigenvalue weighted by atomic mass is 79.9. The van der Waals surface area contributed by atoms with Crippen molar-refractivity contribution in [1.82, 2.24) is 0 Å². The standard InChI is InChI=1S/C15H10BrNO2/c16-13-8-6-11(7-9-13)14(10-17)19-15(18)12-4-2-1-3-5-12/h1-9,14H. The molecule has 0 bridgehead atoms. The zero-order valence-corrected chi connectivity index (χ0v) is 11.5. The van der Waals surface area contributed by atoms with Crippen molar-refractivity contribution in [3.05, 3.63) is 70.2 Å². The molecule has 2 aromatic carbocycles. The lowest BCUT2D eigenvalue weighted by Crippen LogP contribution is -2.10. The number of rotatable bonds is 3. The highest BCUT2D eigenvalue weighted by Gasteiger charge is 2.17. The summed E-state index contributed by atoms with van der Waals surface area (Å²) < 4.78 is 6.10. The first-order chi connectivity index (χ1) is 9.20. The fourth-order valence-corrected chi connectivity index (χ4v) is 1.82. The first kappa shape index (κ1) is 13.3. The van der Waals surface area contributed by atoms with Crippen molar-refractivity contribution >= 4 is 21.9 Å². The third kappa shape index (κ3) is 3.43. The minimum atomic E-state index is -0.902. The molecule has 0 heterocycles. The van der Waals surface area contributed by atoms with Crippen LogP contribution in [0.1, 0.15) is 22.0 Å². The molecule has 0 spiro atoms. The van der Waals surface area contributed by atoms with Crippen LogP contribution >= 0.6 is 15.9 Å². The van der Waals surface area contributed by atoms with Crippen LogP contribution in [-0.4, -0.2) is 5.97 Å². The Kier molecular flexibility index (Phi) is 4.32. The second-order valence-electron chi connectivity index (χ2n) is 3.83. The number of hydrogen-bond donors (Lipinski definition) is 0. The Morgan fingerprint density at radius 3 is 2.32 bits per heavy atom. The molecule has 0 saturated carbocycles. The number of halogens is 1. The smallest absolute Gasteiger partial charge is 0.339 e. The van der Waals surface area contributed by atoms with Crippen LogP contribution in [0.5, 0.6) is 0 Å². The maximum absolute atomic E-state index is 11.9. The van der Waals surface area contributed by atoms with Crippen molar-refractivity contribution in [2.24, 2.45) is 0 Å². The highest BCUT2D eigenvalue weighted by molar-refractivity contribution is 9.10. The maximum atomic E-state index is 11.9. The van der Waals surface area contributed by atoms with Gasteiger partial charge in [-0.25, -0.2) is 4.79 Å². The normalized spacial score (nSPS) is 11.4. The van der Waals surface area contributed by atoms with E-state index in [0.717, 1.165) is 4.47 Å². The number of esters is 1. The number of nitriles is 1. The summed E-state index contributed by atoms with van der Waals surface area (Å²) in [6.07, 6.45) is -0.902. The molecule has 1 unspecified atom stereocenters. The van der Waals surface area contributed by atoms with Crippen molar-refractivity contribution in [3.8, 4) is 6.07 Å². The number of nitrogens with zero attached hydrogens (tertiary/aromatic N) is 1. The number of hydrogen-bond acceptors (Lipinski definition) is 3. The first-order valence-corrected chi connectivity index (χ1v) is 6.41. The van der Waals surface area contributed by atoms with Gasteiger partial charge in [0, 0.05) is 10.0 Å². The molecule has 0 radical (unpaired) electrons. The monoisotopic (exact) mass is 315 g/mol. The van der Waals surface area contributed by atoms with E-state index in [1.54, 1.807) is 48.5 Å². The zero-order chi connectivity index (χ0) is 13.7. The summed E-state index contributed by atoms with van der Waals surface area (Å²) in [7, 11) is 0. The first-order valence-electron chi connectivity index (χ1n) is 5.62. The van der Waals surface area contributed by atoms with Crippen molar-refractivity contribution in [2.45, 2.75) is 6.10 Å². The van der Waals surface area contributed by atoms with E-state index in [1.807, 2.05) is 12.1 Å². The van der Waals surface area contributed by atoms with E-state index in [9.17, 15) is 4.79 Å². The lowest BCUT2D eigenvalue weighted by Gasteiger charge is -2.11. The summed E-state index contributed by atoms with van der Waals surface area (Å²) in [6, 6.07) is 17.7. The van der Waals surface area contributed by atoms with Crippen LogP contribution in [-0.2, 0) is 4.74 Å². The highest BCUT2D eigenvalue weighted by Crippen LogP contribution is 2.20. The minimum absolute atomic E-state index is 0.430. The lowest BCUT2D eigenvalue weighted by molar-refractivity contribution is 0.0404. The molecule has 94 valence electrons. The molecule has 1 atom stereocenters. The van der Waals surface area contributed by atoms with Crippen LogP contribution in [0.15, 0.2) is 59.1 Å². The van der Waals surface area contributed by atoms with Gasteiger partial charge >= 0.3 is 5.97 Å². The maximum Gasteiger partial charge on any atom is 0.339 e. The zero-order valence-electron chi connectivity index (χ0n) is 9.92. The fourth-order valence-electron chi connectivity index (χ4n) is 1.56. The Balaban J connectivity index is 2.14. The van der Waals surface area contributed by atoms with Crippen molar-refractivity contribution < 1.29 is 9.53 Å².